The van der Waals surface area contributed by atoms with Gasteiger partial charge in [-0.25, -0.2) is 0 Å². The minimum absolute atomic E-state index is 0.190. The number of hydrogen-bond acceptors (Lipinski definition) is 2. The van der Waals surface area contributed by atoms with Gasteiger partial charge in [0.05, 0.1) is 0 Å². The van der Waals surface area contributed by atoms with Gasteiger partial charge in [-0.05, 0) is 24.5 Å². The standard InChI is InChI=1S/C12H14O2/c1-9-10(6-7-13)8-11-4-2-3-5-12(11)14-9/h2-5,10,13H,1,6-8H2. The molecule has 1 aromatic rings. The molecule has 0 spiro atoms. The van der Waals surface area contributed by atoms with E-state index in [9.17, 15) is 0 Å². The largest absolute Gasteiger partial charge is 0.462 e. The van der Waals surface area contributed by atoms with Gasteiger partial charge in [0.2, 0.25) is 0 Å². The fraction of sp³-hybridized carbons (Fsp3) is 0.333. The lowest BCUT2D eigenvalue weighted by Crippen LogP contribution is -2.19. The molecule has 0 saturated carbocycles. The second-order valence-corrected chi connectivity index (χ2v) is 3.59. The van der Waals surface area contributed by atoms with Crippen LogP contribution in [0.1, 0.15) is 12.0 Å². The van der Waals surface area contributed by atoms with E-state index >= 15 is 0 Å². The van der Waals surface area contributed by atoms with Crippen LogP contribution < -0.4 is 4.74 Å². The Labute approximate surface area is 83.8 Å². The Morgan fingerprint density at radius 2 is 2.21 bits per heavy atom. The van der Waals surface area contributed by atoms with Gasteiger partial charge in [0.15, 0.2) is 0 Å². The summed E-state index contributed by atoms with van der Waals surface area (Å²) in [5.74, 6) is 1.94. The fourth-order valence-electron chi connectivity index (χ4n) is 1.79. The van der Waals surface area contributed by atoms with Crippen molar-refractivity contribution in [3.63, 3.8) is 0 Å². The van der Waals surface area contributed by atoms with E-state index in [2.05, 4.69) is 12.6 Å². The summed E-state index contributed by atoms with van der Waals surface area (Å²) >= 11 is 0. The van der Waals surface area contributed by atoms with E-state index in [4.69, 9.17) is 9.84 Å². The van der Waals surface area contributed by atoms with Gasteiger partial charge >= 0.3 is 0 Å². The molecule has 0 amide bonds. The van der Waals surface area contributed by atoms with E-state index < -0.39 is 0 Å². The molecule has 0 saturated heterocycles. The van der Waals surface area contributed by atoms with Gasteiger partial charge < -0.3 is 9.84 Å². The van der Waals surface area contributed by atoms with E-state index in [-0.39, 0.29) is 12.5 Å². The summed E-state index contributed by atoms with van der Waals surface area (Å²) in [6.07, 6.45) is 1.66. The first-order chi connectivity index (χ1) is 6.81. The quantitative estimate of drug-likeness (QED) is 0.774. The van der Waals surface area contributed by atoms with Crippen molar-refractivity contribution in [2.45, 2.75) is 12.8 Å². The summed E-state index contributed by atoms with van der Waals surface area (Å²) < 4.78 is 5.59. The number of fused-ring (bicyclic) bond motifs is 1. The lowest BCUT2D eigenvalue weighted by molar-refractivity contribution is 0.232. The van der Waals surface area contributed by atoms with E-state index in [0.29, 0.717) is 0 Å². The number of ether oxygens (including phenoxy) is 1. The third-order valence-corrected chi connectivity index (χ3v) is 2.61. The fourth-order valence-corrected chi connectivity index (χ4v) is 1.79. The lowest BCUT2D eigenvalue weighted by Gasteiger charge is -2.26. The molecule has 14 heavy (non-hydrogen) atoms. The zero-order chi connectivity index (χ0) is 9.97. The summed E-state index contributed by atoms with van der Waals surface area (Å²) in [5, 5.41) is 8.89. The normalized spacial score (nSPS) is 20.1. The van der Waals surface area contributed by atoms with Crippen LogP contribution in [0.2, 0.25) is 0 Å². The zero-order valence-corrected chi connectivity index (χ0v) is 8.07. The highest BCUT2D eigenvalue weighted by atomic mass is 16.5. The van der Waals surface area contributed by atoms with Crippen molar-refractivity contribution in [3.05, 3.63) is 42.2 Å². The summed E-state index contributed by atoms with van der Waals surface area (Å²) in [6.45, 7) is 4.07. The number of rotatable bonds is 2. The van der Waals surface area contributed by atoms with Crippen LogP contribution in [-0.2, 0) is 6.42 Å². The maximum Gasteiger partial charge on any atom is 0.130 e. The first-order valence-electron chi connectivity index (χ1n) is 4.86. The zero-order valence-electron chi connectivity index (χ0n) is 8.07. The molecule has 1 N–H and O–H groups in total. The Morgan fingerprint density at radius 1 is 1.43 bits per heavy atom. The molecular formula is C12H14O2. The Kier molecular flexibility index (Phi) is 2.55. The average Bonchev–Trinajstić information content (AvgIpc) is 2.19. The van der Waals surface area contributed by atoms with Crippen LogP contribution in [0.15, 0.2) is 36.6 Å². The van der Waals surface area contributed by atoms with Crippen LogP contribution in [0.25, 0.3) is 0 Å². The van der Waals surface area contributed by atoms with Crippen molar-refractivity contribution in [2.24, 2.45) is 5.92 Å². The first kappa shape index (κ1) is 9.28. The summed E-state index contributed by atoms with van der Waals surface area (Å²) in [5.41, 5.74) is 1.21. The van der Waals surface area contributed by atoms with Crippen LogP contribution in [-0.4, -0.2) is 11.7 Å². The van der Waals surface area contributed by atoms with Gasteiger partial charge in [-0.3, -0.25) is 0 Å². The molecule has 1 atom stereocenters. The first-order valence-corrected chi connectivity index (χ1v) is 4.86. The molecule has 0 bridgehead atoms. The van der Waals surface area contributed by atoms with Gasteiger partial charge in [-0.2, -0.15) is 0 Å². The van der Waals surface area contributed by atoms with Crippen LogP contribution in [0.4, 0.5) is 0 Å². The number of benzene rings is 1. The van der Waals surface area contributed by atoms with Crippen molar-refractivity contribution in [1.82, 2.24) is 0 Å². The van der Waals surface area contributed by atoms with Crippen LogP contribution in [0, 0.1) is 5.92 Å². The van der Waals surface area contributed by atoms with E-state index in [1.807, 2.05) is 18.2 Å². The van der Waals surface area contributed by atoms with Crippen LogP contribution in [0.3, 0.4) is 0 Å². The molecule has 2 nitrogen and oxygen atoms in total. The molecule has 1 aromatic carbocycles. The van der Waals surface area contributed by atoms with Crippen molar-refractivity contribution in [3.8, 4) is 5.75 Å². The van der Waals surface area contributed by atoms with Crippen molar-refractivity contribution in [2.75, 3.05) is 6.61 Å². The number of aliphatic hydroxyl groups is 1. The number of para-hydroxylation sites is 1. The minimum Gasteiger partial charge on any atom is -0.462 e. The Morgan fingerprint density at radius 3 is 3.00 bits per heavy atom. The number of hydrogen-bond donors (Lipinski definition) is 1. The third kappa shape index (κ3) is 1.66. The minimum atomic E-state index is 0.190. The molecule has 0 aliphatic carbocycles. The smallest absolute Gasteiger partial charge is 0.130 e. The molecule has 0 aromatic heterocycles. The number of allylic oxidation sites excluding steroid dienone is 1. The number of aliphatic hydroxyl groups excluding tert-OH is 1. The summed E-state index contributed by atoms with van der Waals surface area (Å²) in [4.78, 5) is 0. The summed E-state index contributed by atoms with van der Waals surface area (Å²) in [7, 11) is 0. The van der Waals surface area contributed by atoms with Crippen LogP contribution in [0.5, 0.6) is 5.75 Å². The Hall–Kier alpha value is -1.28. The summed E-state index contributed by atoms with van der Waals surface area (Å²) in [6, 6.07) is 7.98. The Balaban J connectivity index is 2.22. The van der Waals surface area contributed by atoms with E-state index in [1.54, 1.807) is 0 Å². The topological polar surface area (TPSA) is 29.5 Å². The van der Waals surface area contributed by atoms with Gasteiger partial charge in [-0.1, -0.05) is 24.8 Å². The maximum absolute atomic E-state index is 8.89. The van der Waals surface area contributed by atoms with Gasteiger partial charge in [0, 0.05) is 12.5 Å². The molecule has 1 unspecified atom stereocenters. The van der Waals surface area contributed by atoms with Crippen molar-refractivity contribution < 1.29 is 9.84 Å². The Bertz CT molecular complexity index is 344. The van der Waals surface area contributed by atoms with Crippen molar-refractivity contribution in [1.29, 1.82) is 0 Å². The predicted octanol–water partition coefficient (Wildman–Crippen LogP) is 2.13. The van der Waals surface area contributed by atoms with Gasteiger partial charge in [0.1, 0.15) is 11.5 Å². The molecule has 1 aliphatic rings. The molecule has 0 radical (unpaired) electrons. The van der Waals surface area contributed by atoms with Gasteiger partial charge in [-0.15, -0.1) is 0 Å². The highest BCUT2D eigenvalue weighted by molar-refractivity contribution is 5.38. The molecular weight excluding hydrogens is 176 g/mol. The van der Waals surface area contributed by atoms with Gasteiger partial charge in [0.25, 0.3) is 0 Å². The van der Waals surface area contributed by atoms with Crippen LogP contribution >= 0.6 is 0 Å². The lowest BCUT2D eigenvalue weighted by atomic mass is 9.92. The molecule has 2 rings (SSSR count). The SMILES string of the molecule is C=C1Oc2ccccc2CC1CCO. The molecule has 2 heteroatoms. The highest BCUT2D eigenvalue weighted by Crippen LogP contribution is 2.33. The second kappa shape index (κ2) is 3.84. The van der Waals surface area contributed by atoms with E-state index in [1.165, 1.54) is 5.56 Å². The van der Waals surface area contributed by atoms with Crippen molar-refractivity contribution >= 4 is 0 Å². The molecule has 0 fully saturated rings. The third-order valence-electron chi connectivity index (χ3n) is 2.61. The molecule has 1 heterocycles. The predicted molar refractivity (Wildman–Crippen MR) is 55.1 cm³/mol. The molecule has 74 valence electrons. The second-order valence-electron chi connectivity index (χ2n) is 3.59. The van der Waals surface area contributed by atoms with E-state index in [0.717, 1.165) is 24.4 Å². The maximum atomic E-state index is 8.89. The molecule has 1 aliphatic heterocycles. The monoisotopic (exact) mass is 190 g/mol. The highest BCUT2D eigenvalue weighted by Gasteiger charge is 2.22. The average molecular weight is 190 g/mol.